The van der Waals surface area contributed by atoms with Crippen LogP contribution in [0.15, 0.2) is 36.4 Å². The lowest BCUT2D eigenvalue weighted by molar-refractivity contribution is -0.181. The maximum atomic E-state index is 11.3. The van der Waals surface area contributed by atoms with E-state index in [1.54, 1.807) is 30.3 Å². The van der Waals surface area contributed by atoms with E-state index in [1.165, 1.54) is 6.08 Å². The third kappa shape index (κ3) is 1.27. The molecule has 1 aromatic carbocycles. The molecule has 3 nitrogen and oxygen atoms in total. The molecule has 0 bridgehead atoms. The number of aliphatic hydroxyl groups is 2. The van der Waals surface area contributed by atoms with Crippen molar-refractivity contribution in [2.45, 2.75) is 12.2 Å². The first kappa shape index (κ1) is 9.12. The average molecular weight is 190 g/mol. The summed E-state index contributed by atoms with van der Waals surface area (Å²) in [7, 11) is 0. The van der Waals surface area contributed by atoms with Crippen molar-refractivity contribution in [3.05, 3.63) is 47.5 Å². The van der Waals surface area contributed by atoms with Gasteiger partial charge in [0.25, 0.3) is 5.79 Å². The van der Waals surface area contributed by atoms with Gasteiger partial charge in [0.1, 0.15) is 0 Å². The normalized spacial score (nSPS) is 18.9. The lowest BCUT2D eigenvalue weighted by Gasteiger charge is -2.19. The number of fused-ring (bicyclic) bond motifs is 1. The van der Waals surface area contributed by atoms with Crippen LogP contribution in [-0.2, 0) is 17.0 Å². The highest BCUT2D eigenvalue weighted by molar-refractivity contribution is 5.96. The van der Waals surface area contributed by atoms with Gasteiger partial charge in [0.2, 0.25) is 5.78 Å². The SMILES string of the molecule is O=C1C=CCc2ccccc2C1(O)O. The Kier molecular flexibility index (Phi) is 1.98. The highest BCUT2D eigenvalue weighted by atomic mass is 16.5. The molecule has 0 aromatic heterocycles. The number of carbonyl (C=O) groups is 1. The Balaban J connectivity index is 2.63. The van der Waals surface area contributed by atoms with Gasteiger partial charge < -0.3 is 10.2 Å². The molecule has 0 heterocycles. The van der Waals surface area contributed by atoms with Crippen molar-refractivity contribution in [2.24, 2.45) is 0 Å². The van der Waals surface area contributed by atoms with Crippen LogP contribution < -0.4 is 0 Å². The number of hydrogen-bond acceptors (Lipinski definition) is 3. The smallest absolute Gasteiger partial charge is 0.255 e. The van der Waals surface area contributed by atoms with E-state index >= 15 is 0 Å². The van der Waals surface area contributed by atoms with E-state index in [2.05, 4.69) is 0 Å². The maximum absolute atomic E-state index is 11.3. The summed E-state index contributed by atoms with van der Waals surface area (Å²) in [6, 6.07) is 6.82. The van der Waals surface area contributed by atoms with Gasteiger partial charge in [0, 0.05) is 5.56 Å². The van der Waals surface area contributed by atoms with Gasteiger partial charge in [-0.05, 0) is 18.1 Å². The Bertz CT molecular complexity index is 405. The van der Waals surface area contributed by atoms with Crippen LogP contribution in [0.4, 0.5) is 0 Å². The molecule has 0 fully saturated rings. The van der Waals surface area contributed by atoms with Crippen molar-refractivity contribution < 1.29 is 15.0 Å². The number of allylic oxidation sites excluding steroid dienone is 1. The molecule has 0 aliphatic heterocycles. The average Bonchev–Trinajstić information content (AvgIpc) is 2.27. The van der Waals surface area contributed by atoms with Crippen LogP contribution in [0.5, 0.6) is 0 Å². The summed E-state index contributed by atoms with van der Waals surface area (Å²) >= 11 is 0. The summed E-state index contributed by atoms with van der Waals surface area (Å²) in [5.74, 6) is -3.06. The third-order valence-corrected chi connectivity index (χ3v) is 2.34. The fourth-order valence-electron chi connectivity index (χ4n) is 1.58. The molecule has 0 radical (unpaired) electrons. The number of benzene rings is 1. The monoisotopic (exact) mass is 190 g/mol. The highest BCUT2D eigenvalue weighted by Gasteiger charge is 2.36. The van der Waals surface area contributed by atoms with Crippen LogP contribution in [-0.4, -0.2) is 16.0 Å². The van der Waals surface area contributed by atoms with Crippen LogP contribution >= 0.6 is 0 Å². The Labute approximate surface area is 81.3 Å². The predicted octanol–water partition coefficient (Wildman–Crippen LogP) is 0.505. The lowest BCUT2D eigenvalue weighted by Crippen LogP contribution is -2.34. The van der Waals surface area contributed by atoms with Gasteiger partial charge in [-0.1, -0.05) is 30.3 Å². The summed E-state index contributed by atoms with van der Waals surface area (Å²) in [4.78, 5) is 11.3. The van der Waals surface area contributed by atoms with Crippen molar-refractivity contribution in [1.82, 2.24) is 0 Å². The molecule has 0 spiro atoms. The minimum Gasteiger partial charge on any atom is -0.356 e. The Morgan fingerprint density at radius 2 is 1.93 bits per heavy atom. The summed E-state index contributed by atoms with van der Waals surface area (Å²) in [5.41, 5.74) is 1.04. The molecule has 1 aromatic rings. The largest absolute Gasteiger partial charge is 0.356 e. The maximum Gasteiger partial charge on any atom is 0.255 e. The van der Waals surface area contributed by atoms with Gasteiger partial charge in [0.15, 0.2) is 0 Å². The van der Waals surface area contributed by atoms with Crippen LogP contribution in [0, 0.1) is 0 Å². The zero-order chi connectivity index (χ0) is 10.2. The van der Waals surface area contributed by atoms with Gasteiger partial charge >= 0.3 is 0 Å². The van der Waals surface area contributed by atoms with Gasteiger partial charge in [-0.3, -0.25) is 4.79 Å². The zero-order valence-corrected chi connectivity index (χ0v) is 7.47. The fourth-order valence-corrected chi connectivity index (χ4v) is 1.58. The van der Waals surface area contributed by atoms with Gasteiger partial charge in [-0.2, -0.15) is 0 Å². The molecule has 0 unspecified atom stereocenters. The van der Waals surface area contributed by atoms with Crippen molar-refractivity contribution in [3.8, 4) is 0 Å². The second-order valence-electron chi connectivity index (χ2n) is 3.30. The second-order valence-corrected chi connectivity index (χ2v) is 3.30. The summed E-state index contributed by atoms with van der Waals surface area (Å²) in [6.07, 6.45) is 3.39. The molecule has 2 N–H and O–H groups in total. The fraction of sp³-hybridized carbons (Fsp3) is 0.182. The number of ketones is 1. The molecular weight excluding hydrogens is 180 g/mol. The minimum absolute atomic E-state index is 0.273. The van der Waals surface area contributed by atoms with Crippen LogP contribution in [0.3, 0.4) is 0 Å². The van der Waals surface area contributed by atoms with E-state index in [1.807, 2.05) is 0 Å². The summed E-state index contributed by atoms with van der Waals surface area (Å²) < 4.78 is 0. The van der Waals surface area contributed by atoms with Crippen LogP contribution in [0.2, 0.25) is 0 Å². The quantitative estimate of drug-likeness (QED) is 0.586. The molecule has 1 aliphatic rings. The van der Waals surface area contributed by atoms with Crippen LogP contribution in [0.1, 0.15) is 11.1 Å². The highest BCUT2D eigenvalue weighted by Crippen LogP contribution is 2.26. The first-order chi connectivity index (χ1) is 6.62. The summed E-state index contributed by atoms with van der Waals surface area (Å²) in [6.45, 7) is 0. The van der Waals surface area contributed by atoms with Crippen molar-refractivity contribution in [1.29, 1.82) is 0 Å². The first-order valence-corrected chi connectivity index (χ1v) is 4.36. The Morgan fingerprint density at radius 3 is 2.71 bits per heavy atom. The lowest BCUT2D eigenvalue weighted by atomic mass is 9.97. The molecule has 1 aliphatic carbocycles. The van der Waals surface area contributed by atoms with E-state index in [0.717, 1.165) is 5.56 Å². The van der Waals surface area contributed by atoms with E-state index in [-0.39, 0.29) is 5.56 Å². The molecule has 0 saturated carbocycles. The predicted molar refractivity (Wildman–Crippen MR) is 50.4 cm³/mol. The number of carbonyl (C=O) groups excluding carboxylic acids is 1. The molecule has 0 atom stereocenters. The van der Waals surface area contributed by atoms with Crippen molar-refractivity contribution in [3.63, 3.8) is 0 Å². The standard InChI is InChI=1S/C11H10O3/c12-10-7-3-5-8-4-1-2-6-9(8)11(10,13)14/h1-4,6-7,13-14H,5H2. The molecule has 0 saturated heterocycles. The minimum atomic E-state index is -2.37. The summed E-state index contributed by atoms with van der Waals surface area (Å²) in [5, 5.41) is 19.3. The molecule has 2 rings (SSSR count). The van der Waals surface area contributed by atoms with Crippen molar-refractivity contribution >= 4 is 5.78 Å². The van der Waals surface area contributed by atoms with E-state index in [0.29, 0.717) is 6.42 Å². The van der Waals surface area contributed by atoms with E-state index in [9.17, 15) is 15.0 Å². The van der Waals surface area contributed by atoms with Gasteiger partial charge in [0.05, 0.1) is 0 Å². The van der Waals surface area contributed by atoms with E-state index in [4.69, 9.17) is 0 Å². The van der Waals surface area contributed by atoms with Gasteiger partial charge in [-0.25, -0.2) is 0 Å². The molecular formula is C11H10O3. The number of hydrogen-bond donors (Lipinski definition) is 2. The van der Waals surface area contributed by atoms with Gasteiger partial charge in [-0.15, -0.1) is 0 Å². The topological polar surface area (TPSA) is 57.5 Å². The zero-order valence-electron chi connectivity index (χ0n) is 7.47. The Hall–Kier alpha value is -1.45. The molecule has 3 heteroatoms. The Morgan fingerprint density at radius 1 is 1.21 bits per heavy atom. The molecule has 0 amide bonds. The van der Waals surface area contributed by atoms with E-state index < -0.39 is 11.6 Å². The molecule has 14 heavy (non-hydrogen) atoms. The number of rotatable bonds is 0. The third-order valence-electron chi connectivity index (χ3n) is 2.34. The van der Waals surface area contributed by atoms with Crippen molar-refractivity contribution in [2.75, 3.05) is 0 Å². The first-order valence-electron chi connectivity index (χ1n) is 4.36. The molecule has 72 valence electrons. The van der Waals surface area contributed by atoms with Crippen LogP contribution in [0.25, 0.3) is 0 Å². The second kappa shape index (κ2) is 3.04.